The Morgan fingerprint density at radius 1 is 1.10 bits per heavy atom. The normalized spacial score (nSPS) is 17.7. The van der Waals surface area contributed by atoms with Gasteiger partial charge in [-0.25, -0.2) is 13.4 Å². The summed E-state index contributed by atoms with van der Waals surface area (Å²) in [6.45, 7) is 2.55. The predicted octanol–water partition coefficient (Wildman–Crippen LogP) is 4.41. The average Bonchev–Trinajstić information content (AvgIpc) is 2.74. The van der Waals surface area contributed by atoms with Crippen LogP contribution in [-0.4, -0.2) is 30.3 Å². The van der Waals surface area contributed by atoms with E-state index in [-0.39, 0.29) is 6.04 Å². The smallest absolute Gasteiger partial charge is 0.243 e. The highest BCUT2D eigenvalue weighted by Gasteiger charge is 2.31. The molecule has 6 nitrogen and oxygen atoms in total. The Kier molecular flexibility index (Phi) is 5.22. The van der Waals surface area contributed by atoms with E-state index in [1.807, 2.05) is 31.2 Å². The Balaban J connectivity index is 1.60. The van der Waals surface area contributed by atoms with Crippen LogP contribution in [0.25, 0.3) is 10.9 Å². The molecular formula is C22H22N4O2S. The van der Waals surface area contributed by atoms with Crippen molar-refractivity contribution in [3.8, 4) is 6.07 Å². The van der Waals surface area contributed by atoms with Crippen LogP contribution in [-0.2, 0) is 10.0 Å². The Labute approximate surface area is 170 Å². The lowest BCUT2D eigenvalue weighted by atomic mass is 10.1. The molecule has 29 heavy (non-hydrogen) atoms. The highest BCUT2D eigenvalue weighted by molar-refractivity contribution is 7.89. The van der Waals surface area contributed by atoms with Crippen LogP contribution in [0, 0.1) is 11.3 Å². The van der Waals surface area contributed by atoms with Crippen LogP contribution in [0.1, 0.15) is 31.7 Å². The van der Waals surface area contributed by atoms with Crippen molar-refractivity contribution < 1.29 is 8.42 Å². The zero-order chi connectivity index (χ0) is 20.4. The highest BCUT2D eigenvalue weighted by atomic mass is 32.2. The summed E-state index contributed by atoms with van der Waals surface area (Å²) >= 11 is 0. The Morgan fingerprint density at radius 3 is 2.62 bits per heavy atom. The molecule has 0 saturated carbocycles. The second kappa shape index (κ2) is 7.82. The minimum Gasteiger partial charge on any atom is -0.340 e. The van der Waals surface area contributed by atoms with Crippen molar-refractivity contribution >= 4 is 32.4 Å². The Morgan fingerprint density at radius 2 is 1.90 bits per heavy atom. The van der Waals surface area contributed by atoms with Gasteiger partial charge in [0.1, 0.15) is 5.82 Å². The van der Waals surface area contributed by atoms with E-state index in [1.54, 1.807) is 34.6 Å². The fourth-order valence-electron chi connectivity index (χ4n) is 3.67. The number of rotatable bonds is 4. The van der Waals surface area contributed by atoms with Gasteiger partial charge in [0, 0.05) is 23.7 Å². The van der Waals surface area contributed by atoms with Gasteiger partial charge in [0.25, 0.3) is 0 Å². The summed E-state index contributed by atoms with van der Waals surface area (Å²) < 4.78 is 27.8. The number of hydrogen-bond acceptors (Lipinski definition) is 5. The van der Waals surface area contributed by atoms with E-state index in [0.29, 0.717) is 28.3 Å². The number of pyridine rings is 1. The van der Waals surface area contributed by atoms with Crippen molar-refractivity contribution in [2.45, 2.75) is 37.1 Å². The predicted molar refractivity (Wildman–Crippen MR) is 113 cm³/mol. The van der Waals surface area contributed by atoms with Gasteiger partial charge in [-0.05, 0) is 74.4 Å². The number of piperidine rings is 1. The van der Waals surface area contributed by atoms with E-state index < -0.39 is 10.0 Å². The standard InChI is InChI=1S/C22H22N4O2S/c1-16-4-2-3-13-26(16)29(27,28)20-10-11-21-18(14-20)7-12-22(25-21)24-19-8-5-17(15-23)6-9-19/h5-12,14,16H,2-4,13H2,1H3,(H,24,25)/t16-/m0/s1. The second-order valence-corrected chi connectivity index (χ2v) is 9.22. The van der Waals surface area contributed by atoms with Gasteiger partial charge in [-0.3, -0.25) is 0 Å². The van der Waals surface area contributed by atoms with Gasteiger partial charge in [-0.2, -0.15) is 9.57 Å². The zero-order valence-corrected chi connectivity index (χ0v) is 17.0. The van der Waals surface area contributed by atoms with Crippen LogP contribution in [0.15, 0.2) is 59.5 Å². The van der Waals surface area contributed by atoms with Crippen molar-refractivity contribution in [3.63, 3.8) is 0 Å². The number of sulfonamides is 1. The fourth-order valence-corrected chi connectivity index (χ4v) is 5.41. The number of fused-ring (bicyclic) bond motifs is 1. The molecule has 2 aromatic carbocycles. The van der Waals surface area contributed by atoms with Crippen molar-refractivity contribution in [2.75, 3.05) is 11.9 Å². The van der Waals surface area contributed by atoms with Gasteiger partial charge in [0.15, 0.2) is 0 Å². The maximum atomic E-state index is 13.1. The van der Waals surface area contributed by atoms with E-state index in [9.17, 15) is 8.42 Å². The number of aromatic nitrogens is 1. The van der Waals surface area contributed by atoms with Crippen LogP contribution in [0.3, 0.4) is 0 Å². The van der Waals surface area contributed by atoms with Crippen LogP contribution in [0.5, 0.6) is 0 Å². The third-order valence-electron chi connectivity index (χ3n) is 5.30. The third kappa shape index (κ3) is 3.95. The maximum Gasteiger partial charge on any atom is 0.243 e. The van der Waals surface area contributed by atoms with Gasteiger partial charge in [0.2, 0.25) is 10.0 Å². The quantitative estimate of drug-likeness (QED) is 0.693. The van der Waals surface area contributed by atoms with Crippen LogP contribution < -0.4 is 5.32 Å². The van der Waals surface area contributed by atoms with Gasteiger partial charge in [0.05, 0.1) is 22.0 Å². The zero-order valence-electron chi connectivity index (χ0n) is 16.2. The summed E-state index contributed by atoms with van der Waals surface area (Å²) in [6.07, 6.45) is 2.88. The van der Waals surface area contributed by atoms with Crippen molar-refractivity contribution in [2.24, 2.45) is 0 Å². The van der Waals surface area contributed by atoms with E-state index >= 15 is 0 Å². The Hall–Kier alpha value is -2.95. The average molecular weight is 407 g/mol. The van der Waals surface area contributed by atoms with Gasteiger partial charge in [-0.1, -0.05) is 6.42 Å². The summed E-state index contributed by atoms with van der Waals surface area (Å²) in [5.41, 5.74) is 2.14. The van der Waals surface area contributed by atoms with E-state index in [2.05, 4.69) is 16.4 Å². The van der Waals surface area contributed by atoms with Crippen LogP contribution >= 0.6 is 0 Å². The minimum absolute atomic E-state index is 0.0292. The molecule has 0 amide bonds. The summed E-state index contributed by atoms with van der Waals surface area (Å²) in [6, 6.07) is 18.0. The first-order valence-corrected chi connectivity index (χ1v) is 11.1. The molecule has 1 aliphatic heterocycles. The third-order valence-corrected chi connectivity index (χ3v) is 7.31. The lowest BCUT2D eigenvalue weighted by Gasteiger charge is -2.32. The first kappa shape index (κ1) is 19.4. The lowest BCUT2D eigenvalue weighted by molar-refractivity contribution is 0.268. The summed E-state index contributed by atoms with van der Waals surface area (Å²) in [7, 11) is -3.50. The number of benzene rings is 2. The Bertz CT molecular complexity index is 1180. The molecule has 2 heterocycles. The molecule has 148 valence electrons. The molecule has 1 saturated heterocycles. The van der Waals surface area contributed by atoms with Crippen molar-refractivity contribution in [1.29, 1.82) is 5.26 Å². The fraction of sp³-hybridized carbons (Fsp3) is 0.273. The molecule has 1 fully saturated rings. The first-order chi connectivity index (χ1) is 14.0. The maximum absolute atomic E-state index is 13.1. The number of nitriles is 1. The van der Waals surface area contributed by atoms with Gasteiger partial charge in [-0.15, -0.1) is 0 Å². The topological polar surface area (TPSA) is 86.1 Å². The summed E-state index contributed by atoms with van der Waals surface area (Å²) in [4.78, 5) is 4.89. The molecule has 3 aromatic rings. The van der Waals surface area contributed by atoms with E-state index in [0.717, 1.165) is 30.3 Å². The molecule has 1 atom stereocenters. The molecule has 0 radical (unpaired) electrons. The monoisotopic (exact) mass is 406 g/mol. The molecule has 0 spiro atoms. The lowest BCUT2D eigenvalue weighted by Crippen LogP contribution is -2.41. The second-order valence-electron chi connectivity index (χ2n) is 7.33. The number of hydrogen-bond donors (Lipinski definition) is 1. The van der Waals surface area contributed by atoms with Crippen molar-refractivity contribution in [3.05, 3.63) is 60.2 Å². The molecule has 1 N–H and O–H groups in total. The number of nitrogens with zero attached hydrogens (tertiary/aromatic N) is 3. The summed E-state index contributed by atoms with van der Waals surface area (Å²) in [5, 5.41) is 12.9. The van der Waals surface area contributed by atoms with Crippen molar-refractivity contribution in [1.82, 2.24) is 9.29 Å². The van der Waals surface area contributed by atoms with Crippen LogP contribution in [0.2, 0.25) is 0 Å². The molecule has 0 bridgehead atoms. The highest BCUT2D eigenvalue weighted by Crippen LogP contribution is 2.27. The summed E-state index contributed by atoms with van der Waals surface area (Å²) in [5.74, 6) is 0.655. The number of anilines is 2. The largest absolute Gasteiger partial charge is 0.340 e. The molecule has 1 aliphatic rings. The van der Waals surface area contributed by atoms with E-state index in [4.69, 9.17) is 5.26 Å². The molecule has 1 aromatic heterocycles. The minimum atomic E-state index is -3.50. The molecular weight excluding hydrogens is 384 g/mol. The van der Waals surface area contributed by atoms with Gasteiger partial charge >= 0.3 is 0 Å². The van der Waals surface area contributed by atoms with Gasteiger partial charge < -0.3 is 5.32 Å². The van der Waals surface area contributed by atoms with E-state index in [1.165, 1.54) is 0 Å². The number of nitrogens with one attached hydrogen (secondary N) is 1. The molecule has 0 aliphatic carbocycles. The first-order valence-electron chi connectivity index (χ1n) is 9.67. The molecule has 4 rings (SSSR count). The molecule has 0 unspecified atom stereocenters. The SMILES string of the molecule is C[C@H]1CCCCN1S(=O)(=O)c1ccc2nc(Nc3ccc(C#N)cc3)ccc2c1. The van der Waals surface area contributed by atoms with Crippen LogP contribution in [0.4, 0.5) is 11.5 Å². The molecule has 7 heteroatoms.